The van der Waals surface area contributed by atoms with Gasteiger partial charge >= 0.3 is 17.9 Å². The number of hydrogen-bond donors (Lipinski definition) is 4. The molecule has 4 radical (unpaired) electrons. The lowest BCUT2D eigenvalue weighted by molar-refractivity contribution is -0.145. The number of nitrogens with zero attached hydrogens (tertiary/aromatic N) is 3. The SMILES string of the molecule is [CH]N([CH])CCN(CCN(CC(=O)O)CC(=O)O)C(CCCCNC(C)C)C(=O)O. The number of carbonyl (C=O) groups is 3. The quantitative estimate of drug-likeness (QED) is 0.180. The Hall–Kier alpha value is -1.75. The van der Waals surface area contributed by atoms with Crippen LogP contribution in [0.25, 0.3) is 0 Å². The first-order valence-electron chi connectivity index (χ1n) is 9.66. The zero-order valence-electron chi connectivity index (χ0n) is 17.3. The minimum absolute atomic E-state index is 0.0897. The van der Waals surface area contributed by atoms with Gasteiger partial charge in [0.1, 0.15) is 6.04 Å². The second-order valence-electron chi connectivity index (χ2n) is 7.23. The van der Waals surface area contributed by atoms with Crippen molar-refractivity contribution in [3.8, 4) is 0 Å². The van der Waals surface area contributed by atoms with Gasteiger partial charge in [0.05, 0.1) is 13.1 Å². The van der Waals surface area contributed by atoms with Crippen LogP contribution in [0.15, 0.2) is 0 Å². The smallest absolute Gasteiger partial charge is 0.320 e. The van der Waals surface area contributed by atoms with Crippen LogP contribution in [0.5, 0.6) is 0 Å². The topological polar surface area (TPSA) is 134 Å². The Labute approximate surface area is 173 Å². The summed E-state index contributed by atoms with van der Waals surface area (Å²) in [5.41, 5.74) is 0. The molecule has 166 valence electrons. The fraction of sp³-hybridized carbons (Fsp3) is 0.737. The molecule has 0 aliphatic rings. The highest BCUT2D eigenvalue weighted by Gasteiger charge is 2.26. The minimum atomic E-state index is -1.15. The third kappa shape index (κ3) is 14.8. The average molecular weight is 415 g/mol. The number of aliphatic carboxylic acids is 3. The summed E-state index contributed by atoms with van der Waals surface area (Å²) in [7, 11) is 10.9. The van der Waals surface area contributed by atoms with E-state index in [9.17, 15) is 19.5 Å². The molecule has 10 nitrogen and oxygen atoms in total. The maximum absolute atomic E-state index is 11.8. The van der Waals surface area contributed by atoms with E-state index in [1.165, 1.54) is 4.90 Å². The van der Waals surface area contributed by atoms with Crippen molar-refractivity contribution in [2.45, 2.75) is 45.2 Å². The molecule has 0 aromatic heterocycles. The lowest BCUT2D eigenvalue weighted by atomic mass is 10.1. The summed E-state index contributed by atoms with van der Waals surface area (Å²) < 4.78 is 0. The molecule has 29 heavy (non-hydrogen) atoms. The first-order chi connectivity index (χ1) is 13.5. The van der Waals surface area contributed by atoms with Gasteiger partial charge in [0.25, 0.3) is 0 Å². The Morgan fingerprint density at radius 3 is 1.90 bits per heavy atom. The molecule has 0 aromatic rings. The molecular formula is C19H34N4O6. The van der Waals surface area contributed by atoms with Gasteiger partial charge in [0, 0.05) is 46.3 Å². The Morgan fingerprint density at radius 2 is 1.45 bits per heavy atom. The highest BCUT2D eigenvalue weighted by Crippen LogP contribution is 2.10. The predicted molar refractivity (Wildman–Crippen MR) is 107 cm³/mol. The van der Waals surface area contributed by atoms with E-state index in [1.807, 2.05) is 13.8 Å². The molecule has 0 aromatic carbocycles. The van der Waals surface area contributed by atoms with Crippen molar-refractivity contribution in [1.82, 2.24) is 20.0 Å². The van der Waals surface area contributed by atoms with Gasteiger partial charge in [-0.2, -0.15) is 0 Å². The molecule has 0 amide bonds. The number of carboxylic acid groups (broad SMARTS) is 3. The number of unbranched alkanes of at least 4 members (excludes halogenated alkanes) is 1. The largest absolute Gasteiger partial charge is 0.480 e. The molecule has 0 spiro atoms. The summed E-state index contributed by atoms with van der Waals surface area (Å²) in [4.78, 5) is 37.6. The van der Waals surface area contributed by atoms with Crippen LogP contribution in [0.4, 0.5) is 0 Å². The summed E-state index contributed by atoms with van der Waals surface area (Å²) >= 11 is 0. The third-order valence-corrected chi connectivity index (χ3v) is 4.25. The number of rotatable bonds is 18. The van der Waals surface area contributed by atoms with Gasteiger partial charge in [0.2, 0.25) is 0 Å². The first kappa shape index (κ1) is 27.2. The molecule has 1 atom stereocenters. The van der Waals surface area contributed by atoms with E-state index in [0.29, 0.717) is 18.9 Å². The van der Waals surface area contributed by atoms with Crippen molar-refractivity contribution in [2.24, 2.45) is 0 Å². The second kappa shape index (κ2) is 15.1. The van der Waals surface area contributed by atoms with Gasteiger partial charge in [-0.1, -0.05) is 20.3 Å². The minimum Gasteiger partial charge on any atom is -0.480 e. The average Bonchev–Trinajstić information content (AvgIpc) is 2.57. The van der Waals surface area contributed by atoms with E-state index >= 15 is 0 Å². The molecule has 0 saturated carbocycles. The third-order valence-electron chi connectivity index (χ3n) is 4.25. The van der Waals surface area contributed by atoms with E-state index < -0.39 is 37.0 Å². The summed E-state index contributed by atoms with van der Waals surface area (Å²) in [6.45, 7) is 4.69. The first-order valence-corrected chi connectivity index (χ1v) is 9.66. The summed E-state index contributed by atoms with van der Waals surface area (Å²) in [6, 6.07) is -0.443. The molecule has 0 aliphatic carbocycles. The maximum atomic E-state index is 11.8. The lowest BCUT2D eigenvalue weighted by Gasteiger charge is -2.31. The summed E-state index contributed by atoms with van der Waals surface area (Å²) in [6.07, 6.45) is 1.91. The van der Waals surface area contributed by atoms with Gasteiger partial charge in [-0.05, 0) is 19.4 Å². The van der Waals surface area contributed by atoms with E-state index in [4.69, 9.17) is 24.3 Å². The molecule has 10 heteroatoms. The molecular weight excluding hydrogens is 380 g/mol. The highest BCUT2D eigenvalue weighted by molar-refractivity contribution is 5.73. The summed E-state index contributed by atoms with van der Waals surface area (Å²) in [5, 5.41) is 30.9. The van der Waals surface area contributed by atoms with Crippen molar-refractivity contribution >= 4 is 17.9 Å². The molecule has 0 saturated heterocycles. The van der Waals surface area contributed by atoms with Crippen molar-refractivity contribution in [2.75, 3.05) is 45.8 Å². The molecule has 0 heterocycles. The van der Waals surface area contributed by atoms with Crippen LogP contribution in [0.3, 0.4) is 0 Å². The van der Waals surface area contributed by atoms with Crippen LogP contribution in [0.1, 0.15) is 33.1 Å². The second-order valence-corrected chi connectivity index (χ2v) is 7.23. The number of carboxylic acids is 3. The monoisotopic (exact) mass is 414 g/mol. The van der Waals surface area contributed by atoms with Gasteiger partial charge < -0.3 is 20.6 Å². The Balaban J connectivity index is 4.97. The van der Waals surface area contributed by atoms with Gasteiger partial charge in [-0.25, -0.2) is 0 Å². The number of nitrogens with one attached hydrogen (secondary N) is 1. The van der Waals surface area contributed by atoms with Crippen LogP contribution in [0, 0.1) is 14.1 Å². The molecule has 0 fully saturated rings. The van der Waals surface area contributed by atoms with Crippen molar-refractivity contribution in [3.05, 3.63) is 14.1 Å². The molecule has 0 aliphatic heterocycles. The zero-order valence-corrected chi connectivity index (χ0v) is 17.3. The molecule has 4 N–H and O–H groups in total. The predicted octanol–water partition coefficient (Wildman–Crippen LogP) is 0.0203. The Kier molecular flexibility index (Phi) is 14.2. The molecule has 1 unspecified atom stereocenters. The van der Waals surface area contributed by atoms with E-state index in [1.54, 1.807) is 4.90 Å². The van der Waals surface area contributed by atoms with Gasteiger partial charge in [-0.3, -0.25) is 29.1 Å². The van der Waals surface area contributed by atoms with Crippen LogP contribution in [-0.4, -0.2) is 106 Å². The van der Waals surface area contributed by atoms with Gasteiger partial charge in [0.15, 0.2) is 0 Å². The van der Waals surface area contributed by atoms with Crippen molar-refractivity contribution in [1.29, 1.82) is 0 Å². The summed E-state index contributed by atoms with van der Waals surface area (Å²) in [5.74, 6) is -3.30. The zero-order chi connectivity index (χ0) is 22.4. The van der Waals surface area contributed by atoms with Crippen molar-refractivity contribution < 1.29 is 29.7 Å². The van der Waals surface area contributed by atoms with Crippen LogP contribution < -0.4 is 5.32 Å². The fourth-order valence-electron chi connectivity index (χ4n) is 2.85. The standard InChI is InChI=1S/C19H34N4O6/c1-15(2)20-8-6-5-7-16(19(28)29)23(11-9-21(3)4)12-10-22(13-17(24)25)14-18(26)27/h3-4,15-16,20H,5-14H2,1-2H3,(H,24,25)(H,26,27)(H,28,29). The highest BCUT2D eigenvalue weighted by atomic mass is 16.4. The van der Waals surface area contributed by atoms with E-state index in [0.717, 1.165) is 17.9 Å². The Bertz CT molecular complexity index is 485. The van der Waals surface area contributed by atoms with Gasteiger partial charge in [-0.15, -0.1) is 0 Å². The molecule has 0 bridgehead atoms. The maximum Gasteiger partial charge on any atom is 0.320 e. The van der Waals surface area contributed by atoms with Crippen molar-refractivity contribution in [3.63, 3.8) is 0 Å². The molecule has 0 rings (SSSR count). The van der Waals surface area contributed by atoms with Crippen LogP contribution >= 0.6 is 0 Å². The van der Waals surface area contributed by atoms with E-state index in [-0.39, 0.29) is 26.2 Å². The normalized spacial score (nSPS) is 12.8. The van der Waals surface area contributed by atoms with Crippen LogP contribution in [-0.2, 0) is 14.4 Å². The van der Waals surface area contributed by atoms with E-state index in [2.05, 4.69) is 5.32 Å². The van der Waals surface area contributed by atoms with Crippen LogP contribution in [0.2, 0.25) is 0 Å². The lowest BCUT2D eigenvalue weighted by Crippen LogP contribution is -2.48. The Morgan fingerprint density at radius 1 is 0.897 bits per heavy atom. The fourth-order valence-corrected chi connectivity index (χ4v) is 2.85. The number of hydrogen-bond acceptors (Lipinski definition) is 7.